The summed E-state index contributed by atoms with van der Waals surface area (Å²) in [6, 6.07) is 8.38. The van der Waals surface area contributed by atoms with Gasteiger partial charge in [-0.05, 0) is 12.1 Å². The third kappa shape index (κ3) is 5.21. The molecular formula is C17H19FN4O3. The fraction of sp³-hybridized carbons (Fsp3) is 0.353. The van der Waals surface area contributed by atoms with Gasteiger partial charge in [0.2, 0.25) is 0 Å². The molecule has 25 heavy (non-hydrogen) atoms. The highest BCUT2D eigenvalue weighted by molar-refractivity contribution is 5.97. The van der Waals surface area contributed by atoms with E-state index in [0.29, 0.717) is 31.9 Å². The van der Waals surface area contributed by atoms with E-state index in [1.807, 2.05) is 15.9 Å². The molecule has 0 aromatic heterocycles. The van der Waals surface area contributed by atoms with Crippen LogP contribution < -0.4 is 10.2 Å². The third-order valence-corrected chi connectivity index (χ3v) is 3.81. The van der Waals surface area contributed by atoms with Crippen molar-refractivity contribution in [2.45, 2.75) is 6.42 Å². The standard InChI is InChI=1S/C17H19FN4O3/c18-14-3-1-2-4-15(14)22-9-7-21(8-10-22)12-13(11-19)17(25)20-6-5-16(23)24/h1-4,12H,5-10H2,(H,20,25)(H,23,24)/b13-12-. The van der Waals surface area contributed by atoms with Crippen molar-refractivity contribution in [1.82, 2.24) is 10.2 Å². The first-order valence-electron chi connectivity index (χ1n) is 7.86. The van der Waals surface area contributed by atoms with Crippen LogP contribution in [0.1, 0.15) is 6.42 Å². The maximum absolute atomic E-state index is 13.8. The van der Waals surface area contributed by atoms with Crippen molar-refractivity contribution < 1.29 is 19.1 Å². The highest BCUT2D eigenvalue weighted by Gasteiger charge is 2.19. The summed E-state index contributed by atoms with van der Waals surface area (Å²) >= 11 is 0. The molecule has 1 aromatic carbocycles. The Hall–Kier alpha value is -3.08. The van der Waals surface area contributed by atoms with E-state index < -0.39 is 11.9 Å². The Kier molecular flexibility index (Phi) is 6.34. The quantitative estimate of drug-likeness (QED) is 0.588. The van der Waals surface area contributed by atoms with E-state index in [1.54, 1.807) is 18.2 Å². The zero-order chi connectivity index (χ0) is 18.2. The number of halogens is 1. The number of carbonyl (C=O) groups is 2. The van der Waals surface area contributed by atoms with Gasteiger partial charge in [-0.2, -0.15) is 5.26 Å². The second-order valence-electron chi connectivity index (χ2n) is 5.53. The Balaban J connectivity index is 1.91. The van der Waals surface area contributed by atoms with Crippen LogP contribution >= 0.6 is 0 Å². The molecule has 1 aliphatic heterocycles. The first kappa shape index (κ1) is 18.3. The topological polar surface area (TPSA) is 96.7 Å². The molecule has 1 amide bonds. The van der Waals surface area contributed by atoms with Gasteiger partial charge in [-0.25, -0.2) is 4.39 Å². The van der Waals surface area contributed by atoms with Gasteiger partial charge in [-0.3, -0.25) is 9.59 Å². The smallest absolute Gasteiger partial charge is 0.305 e. The fourth-order valence-electron chi connectivity index (χ4n) is 2.50. The number of rotatable bonds is 6. The van der Waals surface area contributed by atoms with Crippen LogP contribution in [0.2, 0.25) is 0 Å². The molecule has 0 unspecified atom stereocenters. The molecule has 0 aliphatic carbocycles. The molecule has 0 atom stereocenters. The lowest BCUT2D eigenvalue weighted by Crippen LogP contribution is -2.44. The molecule has 1 fully saturated rings. The highest BCUT2D eigenvalue weighted by Crippen LogP contribution is 2.20. The van der Waals surface area contributed by atoms with Gasteiger partial charge in [0.1, 0.15) is 17.5 Å². The first-order chi connectivity index (χ1) is 12.0. The maximum atomic E-state index is 13.8. The van der Waals surface area contributed by atoms with Gasteiger partial charge in [-0.15, -0.1) is 0 Å². The van der Waals surface area contributed by atoms with Crippen LogP contribution in [0.15, 0.2) is 36.0 Å². The average Bonchev–Trinajstić information content (AvgIpc) is 2.60. The summed E-state index contributed by atoms with van der Waals surface area (Å²) < 4.78 is 13.8. The maximum Gasteiger partial charge on any atom is 0.305 e. The van der Waals surface area contributed by atoms with Crippen LogP contribution in [-0.2, 0) is 9.59 Å². The molecule has 1 saturated heterocycles. The van der Waals surface area contributed by atoms with Crippen molar-refractivity contribution in [2.75, 3.05) is 37.6 Å². The minimum atomic E-state index is -1.02. The number of carboxylic acids is 1. The molecular weight excluding hydrogens is 327 g/mol. The second-order valence-corrected chi connectivity index (χ2v) is 5.53. The summed E-state index contributed by atoms with van der Waals surface area (Å²) in [7, 11) is 0. The van der Waals surface area contributed by atoms with Crippen molar-refractivity contribution in [3.8, 4) is 6.07 Å². The summed E-state index contributed by atoms with van der Waals surface area (Å²) in [5.41, 5.74) is 0.461. The van der Waals surface area contributed by atoms with Crippen LogP contribution in [0.25, 0.3) is 0 Å². The van der Waals surface area contributed by atoms with Crippen LogP contribution in [0.5, 0.6) is 0 Å². The van der Waals surface area contributed by atoms with Gasteiger partial charge in [0, 0.05) is 38.9 Å². The van der Waals surface area contributed by atoms with E-state index >= 15 is 0 Å². The molecule has 1 aliphatic rings. The minimum Gasteiger partial charge on any atom is -0.481 e. The van der Waals surface area contributed by atoms with Crippen LogP contribution in [0, 0.1) is 17.1 Å². The van der Waals surface area contributed by atoms with E-state index in [9.17, 15) is 14.0 Å². The molecule has 1 aromatic rings. The number of nitrogens with zero attached hydrogens (tertiary/aromatic N) is 3. The zero-order valence-electron chi connectivity index (χ0n) is 13.6. The lowest BCUT2D eigenvalue weighted by atomic mass is 10.2. The van der Waals surface area contributed by atoms with Crippen molar-refractivity contribution >= 4 is 17.6 Å². The normalized spacial score (nSPS) is 14.8. The molecule has 2 rings (SSSR count). The molecule has 1 heterocycles. The SMILES string of the molecule is N#C/C(=C/N1CCN(c2ccccc2F)CC1)C(=O)NCCC(=O)O. The molecule has 0 radical (unpaired) electrons. The number of anilines is 1. The highest BCUT2D eigenvalue weighted by atomic mass is 19.1. The van der Waals surface area contributed by atoms with E-state index in [-0.39, 0.29) is 24.4 Å². The van der Waals surface area contributed by atoms with E-state index in [4.69, 9.17) is 10.4 Å². The first-order valence-corrected chi connectivity index (χ1v) is 7.86. The predicted octanol–water partition coefficient (Wildman–Crippen LogP) is 0.946. The Morgan fingerprint density at radius 1 is 1.28 bits per heavy atom. The second kappa shape index (κ2) is 8.68. The largest absolute Gasteiger partial charge is 0.481 e. The average molecular weight is 346 g/mol. The van der Waals surface area contributed by atoms with E-state index in [2.05, 4.69) is 5.32 Å². The van der Waals surface area contributed by atoms with Gasteiger partial charge in [0.15, 0.2) is 0 Å². The molecule has 0 bridgehead atoms. The lowest BCUT2D eigenvalue weighted by Gasteiger charge is -2.35. The van der Waals surface area contributed by atoms with Crippen molar-refractivity contribution in [1.29, 1.82) is 5.26 Å². The van der Waals surface area contributed by atoms with Crippen LogP contribution in [-0.4, -0.2) is 54.6 Å². The molecule has 7 nitrogen and oxygen atoms in total. The number of nitriles is 1. The number of para-hydroxylation sites is 1. The van der Waals surface area contributed by atoms with Gasteiger partial charge in [-0.1, -0.05) is 12.1 Å². The summed E-state index contributed by atoms with van der Waals surface area (Å²) in [4.78, 5) is 26.1. The molecule has 0 spiro atoms. The Labute approximate surface area is 144 Å². The number of hydrogen-bond acceptors (Lipinski definition) is 5. The Morgan fingerprint density at radius 3 is 2.56 bits per heavy atom. The Morgan fingerprint density at radius 2 is 1.96 bits per heavy atom. The summed E-state index contributed by atoms with van der Waals surface area (Å²) in [6.07, 6.45) is 1.26. The number of benzene rings is 1. The Bertz CT molecular complexity index is 706. The number of carboxylic acid groups (broad SMARTS) is 1. The zero-order valence-corrected chi connectivity index (χ0v) is 13.6. The van der Waals surface area contributed by atoms with Crippen molar-refractivity contribution in [3.05, 3.63) is 41.9 Å². The van der Waals surface area contributed by atoms with Crippen molar-refractivity contribution in [2.24, 2.45) is 0 Å². The number of carbonyl (C=O) groups excluding carboxylic acids is 1. The molecule has 8 heteroatoms. The van der Waals surface area contributed by atoms with Gasteiger partial charge < -0.3 is 20.2 Å². The third-order valence-electron chi connectivity index (χ3n) is 3.81. The van der Waals surface area contributed by atoms with Gasteiger partial charge >= 0.3 is 5.97 Å². The summed E-state index contributed by atoms with van der Waals surface area (Å²) in [6.45, 7) is 2.19. The monoisotopic (exact) mass is 346 g/mol. The van der Waals surface area contributed by atoms with Crippen LogP contribution in [0.3, 0.4) is 0 Å². The number of piperazine rings is 1. The fourth-order valence-corrected chi connectivity index (χ4v) is 2.50. The van der Waals surface area contributed by atoms with E-state index in [0.717, 1.165) is 0 Å². The summed E-state index contributed by atoms with van der Waals surface area (Å²) in [5, 5.41) is 20.1. The number of nitrogens with one attached hydrogen (secondary N) is 1. The number of hydrogen-bond donors (Lipinski definition) is 2. The van der Waals surface area contributed by atoms with Gasteiger partial charge in [0.25, 0.3) is 5.91 Å². The number of amides is 1. The lowest BCUT2D eigenvalue weighted by molar-refractivity contribution is -0.136. The van der Waals surface area contributed by atoms with Gasteiger partial charge in [0.05, 0.1) is 12.1 Å². The minimum absolute atomic E-state index is 0.0335. The summed E-state index contributed by atoms with van der Waals surface area (Å²) in [5.74, 6) is -1.89. The van der Waals surface area contributed by atoms with Crippen LogP contribution in [0.4, 0.5) is 10.1 Å². The molecule has 2 N–H and O–H groups in total. The molecule has 132 valence electrons. The molecule has 0 saturated carbocycles. The van der Waals surface area contributed by atoms with Crippen molar-refractivity contribution in [3.63, 3.8) is 0 Å². The predicted molar refractivity (Wildman–Crippen MR) is 89.1 cm³/mol. The van der Waals surface area contributed by atoms with E-state index in [1.165, 1.54) is 12.3 Å². The number of aliphatic carboxylic acids is 1.